The molecular weight excluding hydrogens is 367 g/mol. The third-order valence-electron chi connectivity index (χ3n) is 3.35. The number of nitrogens with one attached hydrogen (secondary N) is 2. The predicted molar refractivity (Wildman–Crippen MR) is 94.5 cm³/mol. The molecular formula is C16H20F3N5OS. The average Bonchev–Trinajstić information content (AvgIpc) is 2.91. The highest BCUT2D eigenvalue weighted by Crippen LogP contribution is 2.34. The summed E-state index contributed by atoms with van der Waals surface area (Å²) in [5.41, 5.74) is 0.0761. The van der Waals surface area contributed by atoms with E-state index < -0.39 is 17.6 Å². The van der Waals surface area contributed by atoms with Gasteiger partial charge in [0.2, 0.25) is 5.88 Å². The number of thiazole rings is 1. The fraction of sp³-hybridized carbons (Fsp3) is 0.438. The van der Waals surface area contributed by atoms with E-state index in [1.807, 2.05) is 13.8 Å². The molecule has 0 unspecified atom stereocenters. The van der Waals surface area contributed by atoms with Crippen LogP contribution in [0.25, 0.3) is 0 Å². The number of hydrogen-bond donors (Lipinski definition) is 2. The second-order valence-corrected chi connectivity index (χ2v) is 6.58. The van der Waals surface area contributed by atoms with Crippen molar-refractivity contribution in [2.45, 2.75) is 26.6 Å². The van der Waals surface area contributed by atoms with Crippen molar-refractivity contribution >= 4 is 17.3 Å². The van der Waals surface area contributed by atoms with Gasteiger partial charge in [0.1, 0.15) is 12.2 Å². The second kappa shape index (κ2) is 8.84. The quantitative estimate of drug-likeness (QED) is 0.453. The average molecular weight is 387 g/mol. The van der Waals surface area contributed by atoms with Crippen molar-refractivity contribution in [3.05, 3.63) is 39.5 Å². The van der Waals surface area contributed by atoms with Gasteiger partial charge in [-0.3, -0.25) is 4.99 Å². The summed E-state index contributed by atoms with van der Waals surface area (Å²) in [6, 6.07) is 2.17. The molecule has 2 heterocycles. The molecule has 6 nitrogen and oxygen atoms in total. The Labute approximate surface area is 153 Å². The first-order valence-corrected chi connectivity index (χ1v) is 8.65. The van der Waals surface area contributed by atoms with Gasteiger partial charge in [0, 0.05) is 18.1 Å². The fourth-order valence-electron chi connectivity index (χ4n) is 2.16. The summed E-state index contributed by atoms with van der Waals surface area (Å²) in [7, 11) is 1.61. The van der Waals surface area contributed by atoms with E-state index in [4.69, 9.17) is 4.74 Å². The third-order valence-corrected chi connectivity index (χ3v) is 4.42. The van der Waals surface area contributed by atoms with Crippen LogP contribution in [0.15, 0.2) is 23.3 Å². The molecule has 2 aromatic rings. The molecule has 10 heteroatoms. The number of halogens is 3. The van der Waals surface area contributed by atoms with Crippen molar-refractivity contribution in [1.29, 1.82) is 0 Å². The van der Waals surface area contributed by atoms with Gasteiger partial charge in [-0.05, 0) is 26.0 Å². The van der Waals surface area contributed by atoms with Gasteiger partial charge in [-0.2, -0.15) is 13.2 Å². The smallest absolute Gasteiger partial charge is 0.421 e. The third kappa shape index (κ3) is 5.58. The zero-order valence-electron chi connectivity index (χ0n) is 14.6. The second-order valence-electron chi connectivity index (χ2n) is 5.30. The molecule has 2 rings (SSSR count). The van der Waals surface area contributed by atoms with Crippen LogP contribution in [0.1, 0.15) is 21.1 Å². The number of rotatable bonds is 6. The summed E-state index contributed by atoms with van der Waals surface area (Å²) in [6.45, 7) is 4.73. The summed E-state index contributed by atoms with van der Waals surface area (Å²) in [4.78, 5) is 13.2. The Bertz CT molecular complexity index is 761. The maximum absolute atomic E-state index is 12.9. The molecule has 0 fully saturated rings. The van der Waals surface area contributed by atoms with E-state index in [2.05, 4.69) is 25.6 Å². The zero-order valence-corrected chi connectivity index (χ0v) is 15.5. The fourth-order valence-corrected chi connectivity index (χ4v) is 3.04. The maximum atomic E-state index is 12.9. The maximum Gasteiger partial charge on any atom is 0.421 e. The summed E-state index contributed by atoms with van der Waals surface area (Å²) >= 11 is 1.60. The van der Waals surface area contributed by atoms with Crippen LogP contribution >= 0.6 is 11.3 Å². The molecule has 0 spiro atoms. The highest BCUT2D eigenvalue weighted by molar-refractivity contribution is 7.11. The number of ether oxygens (including phenoxy) is 1. The molecule has 0 saturated heterocycles. The van der Waals surface area contributed by atoms with E-state index in [0.717, 1.165) is 21.6 Å². The van der Waals surface area contributed by atoms with Crippen LogP contribution in [0.3, 0.4) is 0 Å². The topological polar surface area (TPSA) is 71.4 Å². The number of pyridine rings is 1. The lowest BCUT2D eigenvalue weighted by Gasteiger charge is -2.14. The number of guanidine groups is 1. The van der Waals surface area contributed by atoms with Crippen molar-refractivity contribution in [1.82, 2.24) is 20.6 Å². The molecule has 26 heavy (non-hydrogen) atoms. The highest BCUT2D eigenvalue weighted by atomic mass is 32.1. The molecule has 2 N–H and O–H groups in total. The molecule has 0 aliphatic rings. The van der Waals surface area contributed by atoms with E-state index in [9.17, 15) is 13.2 Å². The molecule has 0 atom stereocenters. The first-order chi connectivity index (χ1) is 12.3. The summed E-state index contributed by atoms with van der Waals surface area (Å²) in [5, 5.41) is 7.11. The van der Waals surface area contributed by atoms with Gasteiger partial charge in [-0.1, -0.05) is 0 Å². The van der Waals surface area contributed by atoms with E-state index in [1.165, 1.54) is 12.3 Å². The minimum absolute atomic E-state index is 0.0134. The Kier molecular flexibility index (Phi) is 6.78. The van der Waals surface area contributed by atoms with Crippen molar-refractivity contribution in [3.63, 3.8) is 0 Å². The molecule has 2 aromatic heterocycles. The predicted octanol–water partition coefficient (Wildman–Crippen LogP) is 2.92. The van der Waals surface area contributed by atoms with Gasteiger partial charge in [-0.25, -0.2) is 9.97 Å². The summed E-state index contributed by atoms with van der Waals surface area (Å²) < 4.78 is 43.8. The Balaban J connectivity index is 1.81. The van der Waals surface area contributed by atoms with E-state index >= 15 is 0 Å². The van der Waals surface area contributed by atoms with Crippen LogP contribution in [0, 0.1) is 13.8 Å². The summed E-state index contributed by atoms with van der Waals surface area (Å²) in [5.74, 6) is 0.0941. The molecule has 0 aliphatic heterocycles. The lowest BCUT2D eigenvalue weighted by atomic mass is 10.2. The number of aliphatic imine (C=N–C) groups is 1. The van der Waals surface area contributed by atoms with Gasteiger partial charge >= 0.3 is 6.18 Å². The molecule has 0 bridgehead atoms. The van der Waals surface area contributed by atoms with E-state index in [0.29, 0.717) is 12.5 Å². The van der Waals surface area contributed by atoms with Gasteiger partial charge in [0.25, 0.3) is 0 Å². The first kappa shape index (κ1) is 20.0. The monoisotopic (exact) mass is 387 g/mol. The molecule has 0 aliphatic carbocycles. The van der Waals surface area contributed by atoms with Crippen LogP contribution in [-0.4, -0.2) is 36.1 Å². The van der Waals surface area contributed by atoms with Crippen LogP contribution < -0.4 is 15.4 Å². The van der Waals surface area contributed by atoms with E-state index in [-0.39, 0.29) is 13.2 Å². The van der Waals surface area contributed by atoms with Crippen LogP contribution in [0.4, 0.5) is 13.2 Å². The number of alkyl halides is 3. The van der Waals surface area contributed by atoms with Crippen molar-refractivity contribution in [2.24, 2.45) is 4.99 Å². The van der Waals surface area contributed by atoms with Crippen molar-refractivity contribution in [2.75, 3.05) is 20.2 Å². The molecule has 142 valence electrons. The largest absolute Gasteiger partial charge is 0.475 e. The number of hydrogen-bond acceptors (Lipinski definition) is 5. The van der Waals surface area contributed by atoms with Gasteiger partial charge in [0.15, 0.2) is 5.96 Å². The molecule has 0 saturated carbocycles. The van der Waals surface area contributed by atoms with Gasteiger partial charge in [-0.15, -0.1) is 11.3 Å². The Morgan fingerprint density at radius 3 is 2.69 bits per heavy atom. The normalized spacial score (nSPS) is 12.2. The molecule has 0 aromatic carbocycles. The standard InChI is InChI=1S/C16H20F3N5OS/c1-10-13(26-11(2)24-10)9-23-15(20-3)22-7-8-25-14-12(16(17,18)19)5-4-6-21-14/h4-6H,7-9H2,1-3H3,(H2,20,22,23). The SMILES string of the molecule is CN=C(NCCOc1ncccc1C(F)(F)F)NCc1sc(C)nc1C. The first-order valence-electron chi connectivity index (χ1n) is 7.83. The number of aromatic nitrogens is 2. The summed E-state index contributed by atoms with van der Waals surface area (Å²) in [6.07, 6.45) is -3.24. The number of aryl methyl sites for hydroxylation is 2. The molecule has 0 amide bonds. The zero-order chi connectivity index (χ0) is 19.2. The van der Waals surface area contributed by atoms with Gasteiger partial charge in [0.05, 0.1) is 23.8 Å². The highest BCUT2D eigenvalue weighted by Gasteiger charge is 2.34. The Morgan fingerprint density at radius 1 is 1.31 bits per heavy atom. The van der Waals surface area contributed by atoms with Crippen molar-refractivity contribution < 1.29 is 17.9 Å². The van der Waals surface area contributed by atoms with Gasteiger partial charge < -0.3 is 15.4 Å². The van der Waals surface area contributed by atoms with Crippen molar-refractivity contribution in [3.8, 4) is 5.88 Å². The minimum Gasteiger partial charge on any atom is -0.475 e. The minimum atomic E-state index is -4.50. The number of nitrogens with zero attached hydrogens (tertiary/aromatic N) is 3. The Morgan fingerprint density at radius 2 is 2.08 bits per heavy atom. The van der Waals surface area contributed by atoms with Crippen LogP contribution in [0.5, 0.6) is 5.88 Å². The van der Waals surface area contributed by atoms with Crippen LogP contribution in [-0.2, 0) is 12.7 Å². The lowest BCUT2D eigenvalue weighted by molar-refractivity contribution is -0.139. The van der Waals surface area contributed by atoms with Crippen LogP contribution in [0.2, 0.25) is 0 Å². The molecule has 0 radical (unpaired) electrons. The Hall–Kier alpha value is -2.36. The lowest BCUT2D eigenvalue weighted by Crippen LogP contribution is -2.38. The van der Waals surface area contributed by atoms with E-state index in [1.54, 1.807) is 18.4 Å².